The fraction of sp³-hybridized carbons (Fsp3) is 0.353. The van der Waals surface area contributed by atoms with Crippen molar-refractivity contribution in [2.24, 2.45) is 4.99 Å². The van der Waals surface area contributed by atoms with Gasteiger partial charge in [0.1, 0.15) is 0 Å². The zero-order valence-electron chi connectivity index (χ0n) is 13.8. The van der Waals surface area contributed by atoms with Gasteiger partial charge in [-0.05, 0) is 24.6 Å². The van der Waals surface area contributed by atoms with Crippen molar-refractivity contribution in [3.05, 3.63) is 38.4 Å². The van der Waals surface area contributed by atoms with Crippen molar-refractivity contribution in [2.75, 3.05) is 0 Å². The van der Waals surface area contributed by atoms with Crippen LogP contribution in [-0.4, -0.2) is 16.4 Å². The van der Waals surface area contributed by atoms with E-state index in [-0.39, 0.29) is 18.3 Å². The van der Waals surface area contributed by atoms with Crippen LogP contribution in [0.4, 0.5) is 5.69 Å². The molecule has 24 heavy (non-hydrogen) atoms. The third-order valence-electron chi connectivity index (χ3n) is 3.25. The number of halogens is 1. The van der Waals surface area contributed by atoms with E-state index in [4.69, 9.17) is 4.74 Å². The highest BCUT2D eigenvalue weighted by atomic mass is 79.9. The smallest absolute Gasteiger partial charge is 0.312 e. The molecule has 0 saturated heterocycles. The Morgan fingerprint density at radius 1 is 1.25 bits per heavy atom. The lowest BCUT2D eigenvalue weighted by Crippen LogP contribution is -2.24. The molecule has 5 nitrogen and oxygen atoms in total. The lowest BCUT2D eigenvalue weighted by atomic mass is 10.3. The summed E-state index contributed by atoms with van der Waals surface area (Å²) in [4.78, 5) is 30.1. The van der Waals surface area contributed by atoms with Crippen LogP contribution in [-0.2, 0) is 11.2 Å². The normalized spacial score (nSPS) is 11.6. The molecule has 0 amide bonds. The molecule has 0 aliphatic carbocycles. The van der Waals surface area contributed by atoms with Crippen LogP contribution in [0.5, 0.6) is 5.88 Å². The van der Waals surface area contributed by atoms with Crippen LogP contribution in [0.15, 0.2) is 33.7 Å². The molecule has 0 fully saturated rings. The van der Waals surface area contributed by atoms with Gasteiger partial charge in [-0.2, -0.15) is 0 Å². The maximum Gasteiger partial charge on any atom is 0.312 e. The van der Waals surface area contributed by atoms with E-state index in [2.05, 4.69) is 20.9 Å². The monoisotopic (exact) mass is 410 g/mol. The van der Waals surface area contributed by atoms with Gasteiger partial charge in [0, 0.05) is 17.3 Å². The third-order valence-corrected chi connectivity index (χ3v) is 4.91. The summed E-state index contributed by atoms with van der Waals surface area (Å²) in [7, 11) is 0. The highest BCUT2D eigenvalue weighted by Gasteiger charge is 2.20. The van der Waals surface area contributed by atoms with Gasteiger partial charge in [0.25, 0.3) is 0 Å². The van der Waals surface area contributed by atoms with E-state index in [1.165, 1.54) is 15.9 Å². The first kappa shape index (κ1) is 18.6. The first-order chi connectivity index (χ1) is 11.5. The number of thiazole rings is 1. The number of rotatable bonds is 5. The average Bonchev–Trinajstić information content (AvgIpc) is 2.91. The summed E-state index contributed by atoms with van der Waals surface area (Å²) in [5, 5.41) is 0. The van der Waals surface area contributed by atoms with E-state index in [9.17, 15) is 9.59 Å². The van der Waals surface area contributed by atoms with Crippen molar-refractivity contribution < 1.29 is 14.3 Å². The van der Waals surface area contributed by atoms with Gasteiger partial charge in [0.2, 0.25) is 11.8 Å². The number of hydrogen-bond acceptors (Lipinski definition) is 5. The lowest BCUT2D eigenvalue weighted by Gasteiger charge is -2.08. The van der Waals surface area contributed by atoms with E-state index in [0.717, 1.165) is 15.0 Å². The Labute approximate surface area is 153 Å². The summed E-state index contributed by atoms with van der Waals surface area (Å²) in [6, 6.07) is 7.50. The zero-order valence-corrected chi connectivity index (χ0v) is 16.2. The third kappa shape index (κ3) is 4.21. The quantitative estimate of drug-likeness (QED) is 0.682. The minimum absolute atomic E-state index is 0.154. The number of carbonyl (C=O) groups excluding carboxylic acids is 2. The number of nitrogens with zero attached hydrogens (tertiary/aromatic N) is 2. The van der Waals surface area contributed by atoms with E-state index in [0.29, 0.717) is 23.5 Å². The standard InChI is InChI=1S/C17H19BrN2O3S/c1-4-13-16(23-15(22)6-3)20(14(21)5-2)17(24-13)19-12-9-7-8-11(18)10-12/h7-10H,4-6H2,1-3H3. The Hall–Kier alpha value is -1.73. The second-order valence-corrected chi connectivity index (χ2v) is 6.95. The van der Waals surface area contributed by atoms with Crippen molar-refractivity contribution in [3.63, 3.8) is 0 Å². The molecule has 0 unspecified atom stereocenters. The van der Waals surface area contributed by atoms with Crippen LogP contribution in [0.2, 0.25) is 0 Å². The van der Waals surface area contributed by atoms with Crippen LogP contribution in [0.1, 0.15) is 43.3 Å². The fourth-order valence-corrected chi connectivity index (χ4v) is 3.42. The van der Waals surface area contributed by atoms with Crippen molar-refractivity contribution in [1.82, 2.24) is 4.57 Å². The van der Waals surface area contributed by atoms with Gasteiger partial charge in [0.05, 0.1) is 10.6 Å². The van der Waals surface area contributed by atoms with Crippen molar-refractivity contribution in [3.8, 4) is 5.88 Å². The summed E-state index contributed by atoms with van der Waals surface area (Å²) in [5.41, 5.74) is 0.722. The molecule has 1 aromatic heterocycles. The topological polar surface area (TPSA) is 60.7 Å². The van der Waals surface area contributed by atoms with Crippen LogP contribution < -0.4 is 9.54 Å². The predicted octanol–water partition coefficient (Wildman–Crippen LogP) is 4.47. The van der Waals surface area contributed by atoms with Gasteiger partial charge in [-0.25, -0.2) is 9.56 Å². The molecule has 2 aromatic rings. The molecule has 0 atom stereocenters. The number of hydrogen-bond donors (Lipinski definition) is 0. The predicted molar refractivity (Wildman–Crippen MR) is 97.9 cm³/mol. The molecule has 0 saturated carbocycles. The number of esters is 1. The number of aromatic nitrogens is 1. The summed E-state index contributed by atoms with van der Waals surface area (Å²) in [6.45, 7) is 5.45. The van der Waals surface area contributed by atoms with E-state index >= 15 is 0 Å². The first-order valence-electron chi connectivity index (χ1n) is 7.79. The molecule has 128 valence electrons. The Balaban J connectivity index is 2.66. The van der Waals surface area contributed by atoms with E-state index in [1.807, 2.05) is 31.2 Å². The van der Waals surface area contributed by atoms with Gasteiger partial charge in [-0.1, -0.05) is 54.1 Å². The highest BCUT2D eigenvalue weighted by molar-refractivity contribution is 9.10. The molecule has 0 bridgehead atoms. The number of benzene rings is 1. The molecular formula is C17H19BrN2O3S. The first-order valence-corrected chi connectivity index (χ1v) is 9.39. The summed E-state index contributed by atoms with van der Waals surface area (Å²) in [5.74, 6) is -0.220. The molecule has 0 aliphatic heterocycles. The van der Waals surface area contributed by atoms with Crippen molar-refractivity contribution >= 4 is 44.8 Å². The minimum Gasteiger partial charge on any atom is -0.408 e. The molecule has 0 radical (unpaired) electrons. The molecule has 0 spiro atoms. The highest BCUT2D eigenvalue weighted by Crippen LogP contribution is 2.25. The maximum atomic E-state index is 12.4. The van der Waals surface area contributed by atoms with Crippen LogP contribution >= 0.6 is 27.3 Å². The van der Waals surface area contributed by atoms with Crippen LogP contribution in [0.25, 0.3) is 0 Å². The minimum atomic E-state index is -0.367. The molecule has 0 N–H and O–H groups in total. The van der Waals surface area contributed by atoms with Crippen LogP contribution in [0.3, 0.4) is 0 Å². The van der Waals surface area contributed by atoms with Crippen LogP contribution in [0, 0.1) is 0 Å². The molecular weight excluding hydrogens is 392 g/mol. The largest absolute Gasteiger partial charge is 0.408 e. The molecule has 2 rings (SSSR count). The Kier molecular flexibility index (Phi) is 6.51. The van der Waals surface area contributed by atoms with Gasteiger partial charge in [0.15, 0.2) is 4.80 Å². The van der Waals surface area contributed by atoms with Crippen molar-refractivity contribution in [2.45, 2.75) is 40.0 Å². The number of ether oxygens (including phenoxy) is 1. The Morgan fingerprint density at radius 3 is 2.58 bits per heavy atom. The molecule has 1 heterocycles. The number of carbonyl (C=O) groups is 2. The lowest BCUT2D eigenvalue weighted by molar-refractivity contribution is -0.134. The molecule has 7 heteroatoms. The maximum absolute atomic E-state index is 12.4. The van der Waals surface area contributed by atoms with Crippen molar-refractivity contribution in [1.29, 1.82) is 0 Å². The summed E-state index contributed by atoms with van der Waals surface area (Å²) >= 11 is 4.78. The van der Waals surface area contributed by atoms with Gasteiger partial charge in [-0.15, -0.1) is 0 Å². The second kappa shape index (κ2) is 8.39. The number of aryl methyl sites for hydroxylation is 1. The van der Waals surface area contributed by atoms with Gasteiger partial charge >= 0.3 is 5.97 Å². The zero-order chi connectivity index (χ0) is 17.7. The van der Waals surface area contributed by atoms with Gasteiger partial charge < -0.3 is 4.74 Å². The molecule has 1 aromatic carbocycles. The fourth-order valence-electron chi connectivity index (χ4n) is 2.02. The SMILES string of the molecule is CCC(=O)Oc1c(CC)sc(=Nc2cccc(Br)c2)n1C(=O)CC. The van der Waals surface area contributed by atoms with E-state index < -0.39 is 0 Å². The molecule has 0 aliphatic rings. The average molecular weight is 411 g/mol. The van der Waals surface area contributed by atoms with E-state index in [1.54, 1.807) is 13.8 Å². The Bertz CT molecular complexity index is 823. The van der Waals surface area contributed by atoms with Gasteiger partial charge in [-0.3, -0.25) is 9.59 Å². The summed E-state index contributed by atoms with van der Waals surface area (Å²) < 4.78 is 7.75. The second-order valence-electron chi connectivity index (χ2n) is 4.97. The summed E-state index contributed by atoms with van der Waals surface area (Å²) in [6.07, 6.45) is 1.20. The Morgan fingerprint density at radius 2 is 2.00 bits per heavy atom.